The van der Waals surface area contributed by atoms with Gasteiger partial charge in [-0.05, 0) is 18.2 Å². The lowest BCUT2D eigenvalue weighted by molar-refractivity contribution is 0.111. The number of carbonyl (C=O) groups excluding carboxylic acids is 1. The summed E-state index contributed by atoms with van der Waals surface area (Å²) in [6, 6.07) is 4.86. The van der Waals surface area contributed by atoms with Crippen LogP contribution in [0.4, 0.5) is 0 Å². The number of ether oxygens (including phenoxy) is 1. The van der Waals surface area contributed by atoms with Gasteiger partial charge in [0.1, 0.15) is 5.75 Å². The summed E-state index contributed by atoms with van der Waals surface area (Å²) in [5.74, 6) is 0.537. The van der Waals surface area contributed by atoms with Gasteiger partial charge in [-0.1, -0.05) is 18.5 Å². The molecule has 15 heavy (non-hydrogen) atoms. The minimum atomic E-state index is 0.0418. The second kappa shape index (κ2) is 5.73. The molecule has 1 N–H and O–H groups in total. The zero-order valence-electron chi connectivity index (χ0n) is 8.44. The Morgan fingerprint density at radius 3 is 2.93 bits per heavy atom. The minimum Gasteiger partial charge on any atom is -0.492 e. The van der Waals surface area contributed by atoms with Gasteiger partial charge >= 0.3 is 0 Å². The van der Waals surface area contributed by atoms with Gasteiger partial charge in [0.2, 0.25) is 0 Å². The number of aliphatic hydroxyl groups excluding tert-OH is 1. The zero-order valence-corrected chi connectivity index (χ0v) is 9.20. The first-order chi connectivity index (χ1) is 7.17. The molecule has 0 spiro atoms. The summed E-state index contributed by atoms with van der Waals surface area (Å²) >= 11 is 5.73. The molecule has 1 atom stereocenters. The number of aliphatic hydroxyl groups is 1. The molecule has 0 radical (unpaired) electrons. The van der Waals surface area contributed by atoms with Crippen LogP contribution in [0, 0.1) is 5.92 Å². The van der Waals surface area contributed by atoms with Crippen molar-refractivity contribution in [3.05, 3.63) is 28.8 Å². The second-order valence-corrected chi connectivity index (χ2v) is 3.84. The highest BCUT2D eigenvalue weighted by molar-refractivity contribution is 6.30. The van der Waals surface area contributed by atoms with Crippen molar-refractivity contribution >= 4 is 17.9 Å². The highest BCUT2D eigenvalue weighted by Crippen LogP contribution is 2.21. The van der Waals surface area contributed by atoms with Crippen LogP contribution in [0.1, 0.15) is 17.3 Å². The van der Waals surface area contributed by atoms with Gasteiger partial charge in [0.25, 0.3) is 0 Å². The Morgan fingerprint density at radius 2 is 2.33 bits per heavy atom. The van der Waals surface area contributed by atoms with Crippen molar-refractivity contribution in [3.8, 4) is 5.75 Å². The molecule has 0 aliphatic heterocycles. The normalized spacial score (nSPS) is 12.2. The van der Waals surface area contributed by atoms with E-state index < -0.39 is 0 Å². The maximum absolute atomic E-state index is 10.7. The Bertz CT molecular complexity index is 339. The molecule has 82 valence electrons. The van der Waals surface area contributed by atoms with Crippen molar-refractivity contribution in [2.45, 2.75) is 6.92 Å². The van der Waals surface area contributed by atoms with Gasteiger partial charge in [-0.15, -0.1) is 0 Å². The van der Waals surface area contributed by atoms with Crippen LogP contribution < -0.4 is 4.74 Å². The summed E-state index contributed by atoms with van der Waals surface area (Å²) in [5.41, 5.74) is 0.424. The molecule has 0 aliphatic rings. The summed E-state index contributed by atoms with van der Waals surface area (Å²) in [6.07, 6.45) is 0.699. The molecular formula is C11H13ClO3. The molecule has 1 aromatic carbocycles. The zero-order chi connectivity index (χ0) is 11.3. The highest BCUT2D eigenvalue weighted by Gasteiger charge is 2.06. The number of rotatable bonds is 5. The van der Waals surface area contributed by atoms with Crippen molar-refractivity contribution < 1.29 is 14.6 Å². The molecule has 0 saturated carbocycles. The maximum atomic E-state index is 10.7. The smallest absolute Gasteiger partial charge is 0.153 e. The maximum Gasteiger partial charge on any atom is 0.153 e. The largest absolute Gasteiger partial charge is 0.492 e. The van der Waals surface area contributed by atoms with Gasteiger partial charge in [-0.2, -0.15) is 0 Å². The summed E-state index contributed by atoms with van der Waals surface area (Å²) in [5, 5.41) is 9.31. The van der Waals surface area contributed by atoms with E-state index in [-0.39, 0.29) is 12.5 Å². The predicted molar refractivity (Wildman–Crippen MR) is 58.6 cm³/mol. The van der Waals surface area contributed by atoms with Gasteiger partial charge in [0, 0.05) is 17.5 Å². The summed E-state index contributed by atoms with van der Waals surface area (Å²) in [4.78, 5) is 10.7. The molecule has 3 nitrogen and oxygen atoms in total. The SMILES string of the molecule is CC(CO)COc1ccc(Cl)cc1C=O. The fraction of sp³-hybridized carbons (Fsp3) is 0.364. The van der Waals surface area contributed by atoms with E-state index in [0.29, 0.717) is 29.2 Å². The van der Waals surface area contributed by atoms with Gasteiger partial charge in [-0.25, -0.2) is 0 Å². The summed E-state index contributed by atoms with van der Waals surface area (Å²) in [6.45, 7) is 2.29. The van der Waals surface area contributed by atoms with E-state index in [9.17, 15) is 4.79 Å². The first-order valence-electron chi connectivity index (χ1n) is 4.65. The number of hydrogen-bond acceptors (Lipinski definition) is 3. The molecule has 0 heterocycles. The van der Waals surface area contributed by atoms with Gasteiger partial charge in [0.15, 0.2) is 6.29 Å². The third-order valence-electron chi connectivity index (χ3n) is 1.93. The summed E-state index contributed by atoms with van der Waals surface area (Å²) in [7, 11) is 0. The van der Waals surface area contributed by atoms with E-state index in [1.807, 2.05) is 6.92 Å². The predicted octanol–water partition coefficient (Wildman–Crippen LogP) is 2.16. The van der Waals surface area contributed by atoms with Crippen LogP contribution >= 0.6 is 11.6 Å². The number of carbonyl (C=O) groups is 1. The number of hydrogen-bond donors (Lipinski definition) is 1. The van der Waals surface area contributed by atoms with Crippen molar-refractivity contribution in [3.63, 3.8) is 0 Å². The quantitative estimate of drug-likeness (QED) is 0.786. The lowest BCUT2D eigenvalue weighted by Gasteiger charge is -2.11. The molecule has 1 unspecified atom stereocenters. The molecular weight excluding hydrogens is 216 g/mol. The molecule has 0 fully saturated rings. The van der Waals surface area contributed by atoms with Crippen LogP contribution in [0.2, 0.25) is 5.02 Å². The summed E-state index contributed by atoms with van der Waals surface area (Å²) < 4.78 is 5.39. The Hall–Kier alpha value is -1.06. The Kier molecular flexibility index (Phi) is 4.59. The third kappa shape index (κ3) is 3.53. The number of aldehydes is 1. The van der Waals surface area contributed by atoms with E-state index in [1.54, 1.807) is 18.2 Å². The molecule has 1 aromatic rings. The van der Waals surface area contributed by atoms with E-state index in [0.717, 1.165) is 0 Å². The molecule has 1 rings (SSSR count). The monoisotopic (exact) mass is 228 g/mol. The van der Waals surface area contributed by atoms with Crippen molar-refractivity contribution in [2.24, 2.45) is 5.92 Å². The topological polar surface area (TPSA) is 46.5 Å². The standard InChI is InChI=1S/C11H13ClO3/c1-8(5-13)7-15-11-3-2-10(12)4-9(11)6-14/h2-4,6,8,13H,5,7H2,1H3. The van der Waals surface area contributed by atoms with Crippen LogP contribution in [-0.2, 0) is 0 Å². The van der Waals surface area contributed by atoms with Gasteiger partial charge in [-0.3, -0.25) is 4.79 Å². The Labute approximate surface area is 93.6 Å². The first-order valence-corrected chi connectivity index (χ1v) is 5.03. The van der Waals surface area contributed by atoms with Gasteiger partial charge < -0.3 is 9.84 Å². The van der Waals surface area contributed by atoms with Crippen molar-refractivity contribution in [1.29, 1.82) is 0 Å². The van der Waals surface area contributed by atoms with Crippen molar-refractivity contribution in [2.75, 3.05) is 13.2 Å². The molecule has 0 aromatic heterocycles. The Morgan fingerprint density at radius 1 is 1.60 bits per heavy atom. The van der Waals surface area contributed by atoms with Crippen LogP contribution in [-0.4, -0.2) is 24.6 Å². The van der Waals surface area contributed by atoms with E-state index in [1.165, 1.54) is 0 Å². The van der Waals surface area contributed by atoms with Crippen LogP contribution in [0.3, 0.4) is 0 Å². The minimum absolute atomic E-state index is 0.0418. The van der Waals surface area contributed by atoms with Crippen LogP contribution in [0.15, 0.2) is 18.2 Å². The first kappa shape index (κ1) is 12.0. The van der Waals surface area contributed by atoms with Gasteiger partial charge in [0.05, 0.1) is 12.2 Å². The van der Waals surface area contributed by atoms with Crippen molar-refractivity contribution in [1.82, 2.24) is 0 Å². The van der Waals surface area contributed by atoms with Crippen LogP contribution in [0.25, 0.3) is 0 Å². The average molecular weight is 229 g/mol. The molecule has 4 heteroatoms. The molecule has 0 aliphatic carbocycles. The van der Waals surface area contributed by atoms with E-state index >= 15 is 0 Å². The van der Waals surface area contributed by atoms with E-state index in [4.69, 9.17) is 21.4 Å². The fourth-order valence-corrected chi connectivity index (χ4v) is 1.21. The lowest BCUT2D eigenvalue weighted by atomic mass is 10.2. The molecule has 0 saturated heterocycles. The number of benzene rings is 1. The fourth-order valence-electron chi connectivity index (χ4n) is 1.03. The molecule has 0 amide bonds. The highest BCUT2D eigenvalue weighted by atomic mass is 35.5. The lowest BCUT2D eigenvalue weighted by Crippen LogP contribution is -2.12. The molecule has 0 bridgehead atoms. The number of halogens is 1. The average Bonchev–Trinajstić information content (AvgIpc) is 2.26. The Balaban J connectivity index is 2.72. The second-order valence-electron chi connectivity index (χ2n) is 3.40. The van der Waals surface area contributed by atoms with Crippen LogP contribution in [0.5, 0.6) is 5.75 Å². The van der Waals surface area contributed by atoms with E-state index in [2.05, 4.69) is 0 Å². The third-order valence-corrected chi connectivity index (χ3v) is 2.17.